The highest BCUT2D eigenvalue weighted by atomic mass is 16.5. The van der Waals surface area contributed by atoms with E-state index >= 15 is 0 Å². The quantitative estimate of drug-likeness (QED) is 0.921. The van der Waals surface area contributed by atoms with E-state index in [4.69, 9.17) is 14.2 Å². The number of ether oxygens (including phenoxy) is 1. The van der Waals surface area contributed by atoms with Gasteiger partial charge in [0.1, 0.15) is 5.75 Å². The van der Waals surface area contributed by atoms with Gasteiger partial charge in [0, 0.05) is 19.6 Å². The molecule has 2 aliphatic rings. The van der Waals surface area contributed by atoms with Gasteiger partial charge in [-0.3, -0.25) is 4.90 Å². The molecule has 1 saturated carbocycles. The molecular formula is C19H26N4O2. The SMILES string of the molecule is COc1ccc(C2(c3nc(C4CNCCN4C)no3)CCCC2)cc1. The molecular weight excluding hydrogens is 316 g/mol. The monoisotopic (exact) mass is 342 g/mol. The van der Waals surface area contributed by atoms with Crippen LogP contribution in [0.1, 0.15) is 49.0 Å². The maximum Gasteiger partial charge on any atom is 0.237 e. The summed E-state index contributed by atoms with van der Waals surface area (Å²) >= 11 is 0. The highest BCUT2D eigenvalue weighted by molar-refractivity contribution is 5.37. The Kier molecular flexibility index (Phi) is 4.48. The Morgan fingerprint density at radius 2 is 2.00 bits per heavy atom. The van der Waals surface area contributed by atoms with Crippen LogP contribution < -0.4 is 10.1 Å². The zero-order valence-corrected chi connectivity index (χ0v) is 15.0. The van der Waals surface area contributed by atoms with E-state index in [2.05, 4.69) is 34.6 Å². The second-order valence-corrected chi connectivity index (χ2v) is 7.18. The summed E-state index contributed by atoms with van der Waals surface area (Å²) < 4.78 is 11.1. The van der Waals surface area contributed by atoms with Crippen molar-refractivity contribution in [1.82, 2.24) is 20.4 Å². The third-order valence-corrected chi connectivity index (χ3v) is 5.76. The van der Waals surface area contributed by atoms with Crippen LogP contribution in [0.3, 0.4) is 0 Å². The number of aromatic nitrogens is 2. The van der Waals surface area contributed by atoms with Crippen LogP contribution in [0.15, 0.2) is 28.8 Å². The molecule has 4 rings (SSSR count). The van der Waals surface area contributed by atoms with Crippen LogP contribution in [0.25, 0.3) is 0 Å². The minimum Gasteiger partial charge on any atom is -0.497 e. The van der Waals surface area contributed by atoms with Crippen LogP contribution >= 0.6 is 0 Å². The largest absolute Gasteiger partial charge is 0.497 e. The van der Waals surface area contributed by atoms with Gasteiger partial charge in [-0.25, -0.2) is 0 Å². The lowest BCUT2D eigenvalue weighted by Crippen LogP contribution is -2.44. The molecule has 6 nitrogen and oxygen atoms in total. The molecule has 0 amide bonds. The Hall–Kier alpha value is -1.92. The zero-order valence-electron chi connectivity index (χ0n) is 15.0. The van der Waals surface area contributed by atoms with E-state index in [1.165, 1.54) is 18.4 Å². The number of likely N-dealkylation sites (N-methyl/N-ethyl adjacent to an activating group) is 1. The highest BCUT2D eigenvalue weighted by Crippen LogP contribution is 2.46. The number of methoxy groups -OCH3 is 1. The second kappa shape index (κ2) is 6.77. The van der Waals surface area contributed by atoms with Crippen molar-refractivity contribution in [2.75, 3.05) is 33.8 Å². The van der Waals surface area contributed by atoms with Crippen LogP contribution in [0, 0.1) is 0 Å². The molecule has 1 aliphatic carbocycles. The molecule has 2 heterocycles. The molecule has 1 aromatic heterocycles. The predicted octanol–water partition coefficient (Wildman–Crippen LogP) is 2.51. The number of rotatable bonds is 4. The van der Waals surface area contributed by atoms with Gasteiger partial charge in [-0.15, -0.1) is 0 Å². The van der Waals surface area contributed by atoms with Gasteiger partial charge in [0.05, 0.1) is 18.6 Å². The normalized spacial score (nSPS) is 23.7. The minimum absolute atomic E-state index is 0.155. The summed E-state index contributed by atoms with van der Waals surface area (Å²) in [5.41, 5.74) is 1.09. The minimum atomic E-state index is -0.155. The summed E-state index contributed by atoms with van der Waals surface area (Å²) in [5, 5.41) is 7.77. The van der Waals surface area contributed by atoms with E-state index in [0.29, 0.717) is 0 Å². The number of nitrogens with one attached hydrogen (secondary N) is 1. The van der Waals surface area contributed by atoms with Gasteiger partial charge < -0.3 is 14.6 Å². The molecule has 2 aromatic rings. The summed E-state index contributed by atoms with van der Waals surface area (Å²) in [4.78, 5) is 7.16. The number of nitrogens with zero attached hydrogens (tertiary/aromatic N) is 3. The first kappa shape index (κ1) is 16.5. The Balaban J connectivity index is 1.67. The van der Waals surface area contributed by atoms with Crippen LogP contribution in [0.2, 0.25) is 0 Å². The lowest BCUT2D eigenvalue weighted by Gasteiger charge is -2.30. The number of hydrogen-bond donors (Lipinski definition) is 1. The van der Waals surface area contributed by atoms with Crippen molar-refractivity contribution in [3.63, 3.8) is 0 Å². The van der Waals surface area contributed by atoms with E-state index in [1.807, 2.05) is 12.1 Å². The zero-order chi connectivity index (χ0) is 17.3. The van der Waals surface area contributed by atoms with Gasteiger partial charge >= 0.3 is 0 Å². The fourth-order valence-electron chi connectivity index (χ4n) is 4.17. The molecule has 0 bridgehead atoms. The summed E-state index contributed by atoms with van der Waals surface area (Å²) in [6.07, 6.45) is 4.49. The van der Waals surface area contributed by atoms with Crippen molar-refractivity contribution in [2.45, 2.75) is 37.1 Å². The number of piperazine rings is 1. The Morgan fingerprint density at radius 1 is 1.24 bits per heavy atom. The van der Waals surface area contributed by atoms with Crippen molar-refractivity contribution < 1.29 is 9.26 Å². The van der Waals surface area contributed by atoms with E-state index in [1.54, 1.807) is 7.11 Å². The van der Waals surface area contributed by atoms with Crippen LogP contribution in [0.5, 0.6) is 5.75 Å². The van der Waals surface area contributed by atoms with Crippen molar-refractivity contribution in [3.05, 3.63) is 41.5 Å². The van der Waals surface area contributed by atoms with Crippen molar-refractivity contribution in [3.8, 4) is 5.75 Å². The Bertz CT molecular complexity index is 706. The third-order valence-electron chi connectivity index (χ3n) is 5.76. The summed E-state index contributed by atoms with van der Waals surface area (Å²) in [6.45, 7) is 2.87. The van der Waals surface area contributed by atoms with E-state index < -0.39 is 0 Å². The smallest absolute Gasteiger partial charge is 0.237 e. The van der Waals surface area contributed by atoms with Gasteiger partial charge in [-0.05, 0) is 37.6 Å². The van der Waals surface area contributed by atoms with E-state index in [0.717, 1.165) is 49.9 Å². The molecule has 134 valence electrons. The molecule has 0 spiro atoms. The fraction of sp³-hybridized carbons (Fsp3) is 0.579. The van der Waals surface area contributed by atoms with Crippen molar-refractivity contribution in [2.24, 2.45) is 0 Å². The molecule has 6 heteroatoms. The number of benzene rings is 1. The first-order valence-corrected chi connectivity index (χ1v) is 9.12. The first-order chi connectivity index (χ1) is 12.2. The number of hydrogen-bond acceptors (Lipinski definition) is 6. The van der Waals surface area contributed by atoms with Gasteiger partial charge in [0.25, 0.3) is 0 Å². The fourth-order valence-corrected chi connectivity index (χ4v) is 4.17. The molecule has 25 heavy (non-hydrogen) atoms. The topological polar surface area (TPSA) is 63.4 Å². The van der Waals surface area contributed by atoms with Crippen LogP contribution in [0.4, 0.5) is 0 Å². The van der Waals surface area contributed by atoms with Crippen LogP contribution in [-0.4, -0.2) is 48.8 Å². The van der Waals surface area contributed by atoms with Crippen molar-refractivity contribution in [1.29, 1.82) is 0 Å². The first-order valence-electron chi connectivity index (χ1n) is 9.12. The third kappa shape index (κ3) is 2.93. The summed E-state index contributed by atoms with van der Waals surface area (Å²) in [6, 6.07) is 8.50. The van der Waals surface area contributed by atoms with Gasteiger partial charge in [0.2, 0.25) is 5.89 Å². The molecule has 0 radical (unpaired) electrons. The van der Waals surface area contributed by atoms with Gasteiger partial charge in [0.15, 0.2) is 5.82 Å². The molecule has 1 N–H and O–H groups in total. The molecule has 1 aliphatic heterocycles. The highest BCUT2D eigenvalue weighted by Gasteiger charge is 2.43. The summed E-state index contributed by atoms with van der Waals surface area (Å²) in [7, 11) is 3.82. The molecule has 1 saturated heterocycles. The molecule has 1 atom stereocenters. The second-order valence-electron chi connectivity index (χ2n) is 7.18. The lowest BCUT2D eigenvalue weighted by atomic mass is 9.78. The van der Waals surface area contributed by atoms with Crippen LogP contribution in [-0.2, 0) is 5.41 Å². The Labute approximate surface area is 148 Å². The molecule has 1 aromatic carbocycles. The maximum absolute atomic E-state index is 5.82. The van der Waals surface area contributed by atoms with E-state index in [-0.39, 0.29) is 11.5 Å². The average Bonchev–Trinajstić information content (AvgIpc) is 3.32. The molecule has 2 fully saturated rings. The van der Waals surface area contributed by atoms with Crippen molar-refractivity contribution >= 4 is 0 Å². The van der Waals surface area contributed by atoms with Gasteiger partial charge in [-0.1, -0.05) is 30.1 Å². The van der Waals surface area contributed by atoms with Gasteiger partial charge in [-0.2, -0.15) is 4.98 Å². The standard InChI is InChI=1S/C19H26N4O2/c1-23-12-11-20-13-16(23)17-21-18(25-22-17)19(9-3-4-10-19)14-5-7-15(24-2)8-6-14/h5-8,16,20H,3-4,9-13H2,1-2H3. The molecule has 1 unspecified atom stereocenters. The predicted molar refractivity (Wildman–Crippen MR) is 94.8 cm³/mol. The summed E-state index contributed by atoms with van der Waals surface area (Å²) in [5.74, 6) is 2.44. The maximum atomic E-state index is 5.82. The van der Waals surface area contributed by atoms with E-state index in [9.17, 15) is 0 Å². The average molecular weight is 342 g/mol. The Morgan fingerprint density at radius 3 is 2.68 bits per heavy atom. The lowest BCUT2D eigenvalue weighted by molar-refractivity contribution is 0.190.